The monoisotopic (exact) mass is 197 g/mol. The highest BCUT2D eigenvalue weighted by molar-refractivity contribution is 5.65. The predicted octanol–water partition coefficient (Wildman–Crippen LogP) is 2.22. The molecule has 2 aromatic heterocycles. The quantitative estimate of drug-likeness (QED) is 0.649. The summed E-state index contributed by atoms with van der Waals surface area (Å²) in [7, 11) is 0. The third-order valence-electron chi connectivity index (χ3n) is 1.73. The van der Waals surface area contributed by atoms with Crippen LogP contribution >= 0.6 is 0 Å². The molecule has 0 N–H and O–H groups in total. The van der Waals surface area contributed by atoms with Gasteiger partial charge in [0.25, 0.3) is 0 Å². The van der Waals surface area contributed by atoms with Crippen LogP contribution in [-0.4, -0.2) is 9.97 Å². The number of pyridine rings is 1. The Morgan fingerprint density at radius 1 is 1.20 bits per heavy atom. The van der Waals surface area contributed by atoms with Gasteiger partial charge in [-0.05, 0) is 24.3 Å². The van der Waals surface area contributed by atoms with Gasteiger partial charge in [0.15, 0.2) is 11.2 Å². The van der Waals surface area contributed by atoms with E-state index in [1.807, 2.05) is 6.07 Å². The Bertz CT molecular complexity index is 567. The van der Waals surface area contributed by atoms with E-state index in [9.17, 15) is 0 Å². The van der Waals surface area contributed by atoms with Crippen molar-refractivity contribution >= 4 is 11.2 Å². The Labute approximate surface area is 86.1 Å². The molecular weight excluding hydrogens is 190 g/mol. The number of nitrogens with zero attached hydrogens (tertiary/aromatic N) is 3. The second kappa shape index (κ2) is 4.20. The van der Waals surface area contributed by atoms with Crippen molar-refractivity contribution in [1.29, 1.82) is 5.26 Å². The maximum atomic E-state index is 8.80. The summed E-state index contributed by atoms with van der Waals surface area (Å²) in [5, 5.41) is 8.80. The van der Waals surface area contributed by atoms with E-state index < -0.39 is 0 Å². The molecule has 0 aliphatic rings. The molecule has 0 atom stereocenters. The van der Waals surface area contributed by atoms with Crippen molar-refractivity contribution in [3.8, 4) is 6.07 Å². The Morgan fingerprint density at radius 3 is 3.00 bits per heavy atom. The molecule has 0 saturated carbocycles. The van der Waals surface area contributed by atoms with Crippen molar-refractivity contribution in [2.24, 2.45) is 0 Å². The molecule has 0 aliphatic heterocycles. The second-order valence-corrected chi connectivity index (χ2v) is 2.74. The van der Waals surface area contributed by atoms with Gasteiger partial charge in [-0.2, -0.15) is 5.26 Å². The summed E-state index contributed by atoms with van der Waals surface area (Å²) < 4.78 is 5.29. The molecule has 4 heteroatoms. The summed E-state index contributed by atoms with van der Waals surface area (Å²) in [5.41, 5.74) is 1.24. The number of fused-ring (bicyclic) bond motifs is 1. The number of aromatic nitrogens is 2. The molecule has 0 bridgehead atoms. The van der Waals surface area contributed by atoms with Gasteiger partial charge >= 0.3 is 0 Å². The number of rotatable bonds is 0. The average Bonchev–Trinajstić information content (AvgIpc) is 2.38. The molecule has 2 heterocycles. The van der Waals surface area contributed by atoms with E-state index in [1.165, 1.54) is 6.26 Å². The van der Waals surface area contributed by atoms with Gasteiger partial charge in [0.05, 0.1) is 6.26 Å². The minimum Gasteiger partial charge on any atom is -0.461 e. The van der Waals surface area contributed by atoms with Gasteiger partial charge in [-0.1, -0.05) is 6.07 Å². The van der Waals surface area contributed by atoms with E-state index in [4.69, 9.17) is 9.68 Å². The third-order valence-corrected chi connectivity index (χ3v) is 1.73. The lowest BCUT2D eigenvalue weighted by molar-refractivity contribution is 0.604. The molecule has 72 valence electrons. The van der Waals surface area contributed by atoms with Gasteiger partial charge in [0.2, 0.25) is 0 Å². The normalized spacial score (nSPS) is 9.27. The Morgan fingerprint density at radius 2 is 2.13 bits per heavy atom. The predicted molar refractivity (Wildman–Crippen MR) is 54.1 cm³/mol. The zero-order valence-corrected chi connectivity index (χ0v) is 7.79. The molecule has 2 rings (SSSR count). The standard InChI is InChI=1S/C11H7N3O/c12-8-9-4-1-2-7-15-10-5-3-6-13-11(10)14-9/h1-7H. The average molecular weight is 197 g/mol. The number of hydrogen-bond acceptors (Lipinski definition) is 4. The smallest absolute Gasteiger partial charge is 0.196 e. The minimum absolute atomic E-state index is 0.296. The lowest BCUT2D eigenvalue weighted by Gasteiger charge is -1.88. The van der Waals surface area contributed by atoms with Crippen LogP contribution in [0.5, 0.6) is 0 Å². The van der Waals surface area contributed by atoms with Crippen molar-refractivity contribution in [3.63, 3.8) is 0 Å². The zero-order valence-electron chi connectivity index (χ0n) is 7.79. The number of nitriles is 1. The van der Waals surface area contributed by atoms with Crippen LogP contribution in [0.3, 0.4) is 0 Å². The van der Waals surface area contributed by atoms with Crippen LogP contribution in [0.1, 0.15) is 5.69 Å². The zero-order chi connectivity index (χ0) is 10.5. The van der Waals surface area contributed by atoms with E-state index in [2.05, 4.69) is 9.97 Å². The number of hydrogen-bond donors (Lipinski definition) is 0. The van der Waals surface area contributed by atoms with Gasteiger partial charge in [-0.25, -0.2) is 9.97 Å². The second-order valence-electron chi connectivity index (χ2n) is 2.74. The van der Waals surface area contributed by atoms with Gasteiger partial charge in [-0.3, -0.25) is 0 Å². The van der Waals surface area contributed by atoms with Crippen molar-refractivity contribution in [1.82, 2.24) is 9.97 Å². The highest BCUT2D eigenvalue weighted by atomic mass is 16.3. The summed E-state index contributed by atoms with van der Waals surface area (Å²) in [6.45, 7) is 0. The first-order valence-corrected chi connectivity index (χ1v) is 4.34. The van der Waals surface area contributed by atoms with Crippen LogP contribution in [0, 0.1) is 11.3 Å². The van der Waals surface area contributed by atoms with Crippen LogP contribution in [0.2, 0.25) is 0 Å². The summed E-state index contributed by atoms with van der Waals surface area (Å²) in [6.07, 6.45) is 3.12. The Hall–Kier alpha value is -2.41. The highest BCUT2D eigenvalue weighted by Gasteiger charge is 1.93. The molecule has 0 amide bonds. The summed E-state index contributed by atoms with van der Waals surface area (Å²) in [4.78, 5) is 8.10. The molecule has 0 saturated heterocycles. The van der Waals surface area contributed by atoms with E-state index in [1.54, 1.807) is 36.5 Å². The highest BCUT2D eigenvalue weighted by Crippen LogP contribution is 2.04. The van der Waals surface area contributed by atoms with Crippen LogP contribution in [0.15, 0.2) is 47.2 Å². The first-order valence-electron chi connectivity index (χ1n) is 4.34. The van der Waals surface area contributed by atoms with Crippen LogP contribution in [0.25, 0.3) is 11.2 Å². The van der Waals surface area contributed by atoms with Gasteiger partial charge in [-0.15, -0.1) is 0 Å². The van der Waals surface area contributed by atoms with E-state index >= 15 is 0 Å². The lowest BCUT2D eigenvalue weighted by atomic mass is 10.4. The fraction of sp³-hybridized carbons (Fsp3) is 0. The van der Waals surface area contributed by atoms with Gasteiger partial charge in [0, 0.05) is 6.20 Å². The molecule has 0 aromatic carbocycles. The van der Waals surface area contributed by atoms with Crippen LogP contribution in [0.4, 0.5) is 0 Å². The molecule has 0 fully saturated rings. The largest absolute Gasteiger partial charge is 0.461 e. The maximum absolute atomic E-state index is 8.80. The van der Waals surface area contributed by atoms with Crippen molar-refractivity contribution in [3.05, 3.63) is 48.5 Å². The first-order chi connectivity index (χ1) is 7.40. The van der Waals surface area contributed by atoms with Crippen molar-refractivity contribution in [2.75, 3.05) is 0 Å². The van der Waals surface area contributed by atoms with Crippen molar-refractivity contribution < 1.29 is 4.42 Å². The maximum Gasteiger partial charge on any atom is 0.196 e. The van der Waals surface area contributed by atoms with Crippen molar-refractivity contribution in [2.45, 2.75) is 0 Å². The molecule has 15 heavy (non-hydrogen) atoms. The molecule has 0 unspecified atom stereocenters. The molecule has 4 nitrogen and oxygen atoms in total. The van der Waals surface area contributed by atoms with E-state index in [0.717, 1.165) is 0 Å². The van der Waals surface area contributed by atoms with Crippen LogP contribution in [-0.2, 0) is 0 Å². The molecule has 2 aromatic rings. The molecular formula is C11H7N3O. The summed E-state index contributed by atoms with van der Waals surface area (Å²) >= 11 is 0. The SMILES string of the molecule is N#Cc1ccccoc2cccnc2n1. The molecule has 0 spiro atoms. The van der Waals surface area contributed by atoms with E-state index in [0.29, 0.717) is 16.9 Å². The Kier molecular flexibility index (Phi) is 2.56. The van der Waals surface area contributed by atoms with E-state index in [-0.39, 0.29) is 0 Å². The minimum atomic E-state index is 0.296. The summed E-state index contributed by atoms with van der Waals surface area (Å²) in [5.74, 6) is 0. The van der Waals surface area contributed by atoms with Gasteiger partial charge < -0.3 is 4.42 Å². The third kappa shape index (κ3) is 2.09. The van der Waals surface area contributed by atoms with Crippen LogP contribution < -0.4 is 0 Å². The first kappa shape index (κ1) is 9.16. The topological polar surface area (TPSA) is 62.7 Å². The fourth-order valence-corrected chi connectivity index (χ4v) is 1.08. The summed E-state index contributed by atoms with van der Waals surface area (Å²) in [6, 6.07) is 10.4. The Balaban J connectivity index is 2.87. The lowest BCUT2D eigenvalue weighted by Crippen LogP contribution is -1.81. The fourth-order valence-electron chi connectivity index (χ4n) is 1.08. The molecule has 0 aliphatic carbocycles. The van der Waals surface area contributed by atoms with Gasteiger partial charge in [0.1, 0.15) is 11.8 Å². The molecule has 0 radical (unpaired) electrons.